The molecule has 2 nitrogen and oxygen atoms in total. The smallest absolute Gasteiger partial charge is 0.328 e. The van der Waals surface area contributed by atoms with Gasteiger partial charge in [0.05, 0.1) is 0 Å². The number of aliphatic carboxylic acids is 1. The van der Waals surface area contributed by atoms with E-state index in [9.17, 15) is 4.79 Å². The predicted octanol–water partition coefficient (Wildman–Crippen LogP) is 1.98. The first-order valence-corrected chi connectivity index (χ1v) is 4.24. The summed E-state index contributed by atoms with van der Waals surface area (Å²) in [5.74, 6) is -0.145. The fraction of sp³-hybridized carbons (Fsp3) is 0.500. The van der Waals surface area contributed by atoms with Crippen LogP contribution < -0.4 is 0 Å². The lowest BCUT2D eigenvalue weighted by atomic mass is 9.59. The average molecular weight is 164 g/mol. The van der Waals surface area contributed by atoms with Crippen molar-refractivity contribution in [1.82, 2.24) is 0 Å². The summed E-state index contributed by atoms with van der Waals surface area (Å²) in [4.78, 5) is 10.4. The molecular weight excluding hydrogens is 152 g/mol. The molecule has 2 rings (SSSR count). The molecule has 0 heterocycles. The molecule has 2 heteroatoms. The second-order valence-corrected chi connectivity index (χ2v) is 3.83. The van der Waals surface area contributed by atoms with E-state index in [1.54, 1.807) is 0 Å². The summed E-state index contributed by atoms with van der Waals surface area (Å²) in [6.45, 7) is 2.12. The molecule has 1 N–H and O–H groups in total. The third-order valence-electron chi connectivity index (χ3n) is 3.19. The molecule has 0 aromatic rings. The van der Waals surface area contributed by atoms with Crippen molar-refractivity contribution in [2.75, 3.05) is 0 Å². The normalized spacial score (nSPS) is 41.1. The zero-order chi connectivity index (χ0) is 8.77. The van der Waals surface area contributed by atoms with Crippen LogP contribution in [-0.4, -0.2) is 11.1 Å². The molecule has 0 spiro atoms. The number of carbonyl (C=O) groups is 1. The van der Waals surface area contributed by atoms with Gasteiger partial charge in [-0.3, -0.25) is 0 Å². The highest BCUT2D eigenvalue weighted by Gasteiger charge is 2.47. The highest BCUT2D eigenvalue weighted by atomic mass is 16.4. The van der Waals surface area contributed by atoms with E-state index in [4.69, 9.17) is 5.11 Å². The Morgan fingerprint density at radius 2 is 2.58 bits per heavy atom. The summed E-state index contributed by atoms with van der Waals surface area (Å²) in [6, 6.07) is 0. The Labute approximate surface area is 71.6 Å². The second-order valence-electron chi connectivity index (χ2n) is 3.83. The molecule has 0 bridgehead atoms. The van der Waals surface area contributed by atoms with Gasteiger partial charge in [0.1, 0.15) is 0 Å². The van der Waals surface area contributed by atoms with Crippen molar-refractivity contribution < 1.29 is 9.90 Å². The molecule has 2 atom stereocenters. The summed E-state index contributed by atoms with van der Waals surface area (Å²) >= 11 is 0. The van der Waals surface area contributed by atoms with E-state index in [1.165, 1.54) is 6.08 Å². The largest absolute Gasteiger partial charge is 0.478 e. The maximum Gasteiger partial charge on any atom is 0.328 e. The van der Waals surface area contributed by atoms with Crippen molar-refractivity contribution in [2.24, 2.45) is 11.3 Å². The Bertz CT molecular complexity index is 288. The maximum absolute atomic E-state index is 10.4. The van der Waals surface area contributed by atoms with Gasteiger partial charge in [-0.05, 0) is 18.8 Å². The van der Waals surface area contributed by atoms with Gasteiger partial charge < -0.3 is 5.11 Å². The Morgan fingerprint density at radius 1 is 1.83 bits per heavy atom. The van der Waals surface area contributed by atoms with Gasteiger partial charge in [0, 0.05) is 11.5 Å². The zero-order valence-electron chi connectivity index (χ0n) is 7.08. The van der Waals surface area contributed by atoms with Crippen molar-refractivity contribution in [3.63, 3.8) is 0 Å². The Balaban J connectivity index is 2.24. The first-order valence-electron chi connectivity index (χ1n) is 4.24. The molecule has 0 aliphatic heterocycles. The Morgan fingerprint density at radius 3 is 3.17 bits per heavy atom. The quantitative estimate of drug-likeness (QED) is 0.475. The third-order valence-corrected chi connectivity index (χ3v) is 3.19. The molecule has 0 unspecified atom stereocenters. The lowest BCUT2D eigenvalue weighted by molar-refractivity contribution is -0.131. The SMILES string of the molecule is C[C@]12C=CC[C@H]1CC2=CC(=O)O. The van der Waals surface area contributed by atoms with Gasteiger partial charge in [-0.2, -0.15) is 0 Å². The molecule has 0 aromatic heterocycles. The van der Waals surface area contributed by atoms with Gasteiger partial charge in [0.2, 0.25) is 0 Å². The average Bonchev–Trinajstić information content (AvgIpc) is 2.26. The molecular formula is C10H12O2. The van der Waals surface area contributed by atoms with Crippen molar-refractivity contribution in [3.8, 4) is 0 Å². The van der Waals surface area contributed by atoms with Crippen LogP contribution in [0.1, 0.15) is 19.8 Å². The summed E-state index contributed by atoms with van der Waals surface area (Å²) in [7, 11) is 0. The first-order chi connectivity index (χ1) is 5.63. The number of carboxylic acids is 1. The molecule has 0 saturated heterocycles. The molecule has 2 aliphatic rings. The van der Waals surface area contributed by atoms with E-state index >= 15 is 0 Å². The first kappa shape index (κ1) is 7.59. The molecule has 0 radical (unpaired) electrons. The maximum atomic E-state index is 10.4. The van der Waals surface area contributed by atoms with Crippen LogP contribution >= 0.6 is 0 Å². The fourth-order valence-corrected chi connectivity index (χ4v) is 2.24. The summed E-state index contributed by atoms with van der Waals surface area (Å²) in [6.07, 6.45) is 7.76. The van der Waals surface area contributed by atoms with Gasteiger partial charge >= 0.3 is 5.97 Å². The van der Waals surface area contributed by atoms with E-state index in [-0.39, 0.29) is 5.41 Å². The van der Waals surface area contributed by atoms with Crippen LogP contribution in [0.4, 0.5) is 0 Å². The van der Waals surface area contributed by atoms with Gasteiger partial charge in [0.15, 0.2) is 0 Å². The van der Waals surface area contributed by atoms with Crippen molar-refractivity contribution >= 4 is 5.97 Å². The molecule has 12 heavy (non-hydrogen) atoms. The third kappa shape index (κ3) is 0.840. The van der Waals surface area contributed by atoms with Crippen LogP contribution in [0.25, 0.3) is 0 Å². The van der Waals surface area contributed by atoms with Crippen molar-refractivity contribution in [2.45, 2.75) is 19.8 Å². The minimum atomic E-state index is -0.815. The van der Waals surface area contributed by atoms with Gasteiger partial charge in [0.25, 0.3) is 0 Å². The highest BCUT2D eigenvalue weighted by molar-refractivity contribution is 5.81. The minimum absolute atomic E-state index is 0.0817. The summed E-state index contributed by atoms with van der Waals surface area (Å²) in [5, 5.41) is 8.58. The molecule has 0 amide bonds. The van der Waals surface area contributed by atoms with E-state index in [0.717, 1.165) is 18.4 Å². The predicted molar refractivity (Wildman–Crippen MR) is 45.7 cm³/mol. The number of rotatable bonds is 1. The van der Waals surface area contributed by atoms with Crippen LogP contribution in [0.15, 0.2) is 23.8 Å². The van der Waals surface area contributed by atoms with Crippen molar-refractivity contribution in [1.29, 1.82) is 0 Å². The minimum Gasteiger partial charge on any atom is -0.478 e. The molecule has 1 fully saturated rings. The number of allylic oxidation sites excluding steroid dienone is 3. The number of fused-ring (bicyclic) bond motifs is 1. The van der Waals surface area contributed by atoms with Crippen LogP contribution in [-0.2, 0) is 4.79 Å². The summed E-state index contributed by atoms with van der Waals surface area (Å²) in [5.41, 5.74) is 1.16. The fourth-order valence-electron chi connectivity index (χ4n) is 2.24. The van der Waals surface area contributed by atoms with Crippen LogP contribution in [0.5, 0.6) is 0 Å². The summed E-state index contributed by atoms with van der Waals surface area (Å²) < 4.78 is 0. The lowest BCUT2D eigenvalue weighted by Crippen LogP contribution is -2.35. The monoisotopic (exact) mass is 164 g/mol. The standard InChI is InChI=1S/C10H12O2/c1-10-4-2-3-7(10)5-8(10)6-9(11)12/h2,4,6-7H,3,5H2,1H3,(H,11,12)/t7-,10-/m0/s1. The van der Waals surface area contributed by atoms with E-state index < -0.39 is 5.97 Å². The van der Waals surface area contributed by atoms with Gasteiger partial charge in [-0.25, -0.2) is 4.79 Å². The number of hydrogen-bond acceptors (Lipinski definition) is 1. The molecule has 2 aliphatic carbocycles. The van der Waals surface area contributed by atoms with Gasteiger partial charge in [-0.1, -0.05) is 24.6 Å². The van der Waals surface area contributed by atoms with Crippen LogP contribution in [0.2, 0.25) is 0 Å². The second kappa shape index (κ2) is 2.22. The number of carboxylic acid groups (broad SMARTS) is 1. The Hall–Kier alpha value is -1.05. The highest BCUT2D eigenvalue weighted by Crippen LogP contribution is 2.57. The zero-order valence-corrected chi connectivity index (χ0v) is 7.08. The van der Waals surface area contributed by atoms with Crippen molar-refractivity contribution in [3.05, 3.63) is 23.8 Å². The van der Waals surface area contributed by atoms with Crippen LogP contribution in [0.3, 0.4) is 0 Å². The van der Waals surface area contributed by atoms with Crippen LogP contribution in [0, 0.1) is 11.3 Å². The lowest BCUT2D eigenvalue weighted by Gasteiger charge is -2.44. The van der Waals surface area contributed by atoms with E-state index in [1.807, 2.05) is 0 Å². The molecule has 0 aromatic carbocycles. The molecule has 64 valence electrons. The van der Waals surface area contributed by atoms with E-state index in [0.29, 0.717) is 5.92 Å². The topological polar surface area (TPSA) is 37.3 Å². The number of hydrogen-bond donors (Lipinski definition) is 1. The van der Waals surface area contributed by atoms with Gasteiger partial charge in [-0.15, -0.1) is 0 Å². The molecule has 1 saturated carbocycles. The Kier molecular flexibility index (Phi) is 1.40. The van der Waals surface area contributed by atoms with E-state index in [2.05, 4.69) is 19.1 Å².